The lowest BCUT2D eigenvalue weighted by Crippen LogP contribution is -2.13. The number of para-hydroxylation sites is 1. The molecule has 0 amide bonds. The van der Waals surface area contributed by atoms with Gasteiger partial charge in [-0.15, -0.1) is 0 Å². The van der Waals surface area contributed by atoms with Crippen molar-refractivity contribution < 1.29 is 0 Å². The third kappa shape index (κ3) is 2.96. The number of hydrogen-bond donors (Lipinski definition) is 1. The second-order valence-corrected chi connectivity index (χ2v) is 4.82. The Kier molecular flexibility index (Phi) is 4.12. The van der Waals surface area contributed by atoms with Gasteiger partial charge in [-0.1, -0.05) is 46.9 Å². The Morgan fingerprint density at radius 3 is 2.33 bits per heavy atom. The summed E-state index contributed by atoms with van der Waals surface area (Å²) in [5.74, 6) is 0.296. The molecule has 0 aliphatic heterocycles. The average molecular weight is 300 g/mol. The highest BCUT2D eigenvalue weighted by molar-refractivity contribution is 6.37. The molecule has 0 aliphatic rings. The maximum atomic E-state index is 6.05. The molecule has 0 bridgehead atoms. The molecule has 0 spiro atoms. The third-order valence-electron chi connectivity index (χ3n) is 2.30. The van der Waals surface area contributed by atoms with Gasteiger partial charge in [0.15, 0.2) is 0 Å². The van der Waals surface area contributed by atoms with Gasteiger partial charge in [-0.25, -0.2) is 4.99 Å². The van der Waals surface area contributed by atoms with Gasteiger partial charge in [0.2, 0.25) is 0 Å². The summed E-state index contributed by atoms with van der Waals surface area (Å²) in [5, 5.41) is 1.54. The van der Waals surface area contributed by atoms with Crippen molar-refractivity contribution in [1.29, 1.82) is 0 Å². The summed E-state index contributed by atoms with van der Waals surface area (Å²) in [4.78, 5) is 4.25. The van der Waals surface area contributed by atoms with Gasteiger partial charge in [0.25, 0.3) is 0 Å². The van der Waals surface area contributed by atoms with Crippen LogP contribution in [-0.2, 0) is 0 Å². The molecular weight excluding hydrogens is 291 g/mol. The number of hydrogen-bond acceptors (Lipinski definition) is 1. The predicted molar refractivity (Wildman–Crippen MR) is 78.3 cm³/mol. The number of amidine groups is 1. The molecule has 92 valence electrons. The monoisotopic (exact) mass is 298 g/mol. The zero-order valence-electron chi connectivity index (χ0n) is 9.20. The Balaban J connectivity index is 2.42. The van der Waals surface area contributed by atoms with E-state index in [-0.39, 0.29) is 0 Å². The molecule has 2 aromatic carbocycles. The van der Waals surface area contributed by atoms with Crippen molar-refractivity contribution in [1.82, 2.24) is 0 Å². The van der Waals surface area contributed by atoms with Crippen LogP contribution >= 0.6 is 34.8 Å². The summed E-state index contributed by atoms with van der Waals surface area (Å²) in [7, 11) is 0. The summed E-state index contributed by atoms with van der Waals surface area (Å²) >= 11 is 17.9. The first-order valence-corrected chi connectivity index (χ1v) is 6.25. The van der Waals surface area contributed by atoms with Gasteiger partial charge in [0.05, 0.1) is 15.7 Å². The quantitative estimate of drug-likeness (QED) is 0.634. The van der Waals surface area contributed by atoms with E-state index in [1.54, 1.807) is 30.3 Å². The standard InChI is InChI=1S/C13H9Cl3N2/c14-8-5-6-9(11(16)7-8)13(17)18-12-4-2-1-3-10(12)15/h1-7H,(H2,17,18). The van der Waals surface area contributed by atoms with E-state index in [1.165, 1.54) is 0 Å². The lowest BCUT2D eigenvalue weighted by Gasteiger charge is -2.05. The van der Waals surface area contributed by atoms with Crippen molar-refractivity contribution in [3.8, 4) is 0 Å². The molecule has 0 aromatic heterocycles. The zero-order chi connectivity index (χ0) is 13.1. The van der Waals surface area contributed by atoms with Crippen molar-refractivity contribution in [3.63, 3.8) is 0 Å². The lowest BCUT2D eigenvalue weighted by molar-refractivity contribution is 1.45. The second-order valence-electron chi connectivity index (χ2n) is 3.57. The highest BCUT2D eigenvalue weighted by Gasteiger charge is 2.06. The summed E-state index contributed by atoms with van der Waals surface area (Å²) in [6, 6.07) is 12.2. The van der Waals surface area contributed by atoms with Gasteiger partial charge in [0.1, 0.15) is 5.84 Å². The van der Waals surface area contributed by atoms with Gasteiger partial charge < -0.3 is 5.73 Å². The SMILES string of the molecule is NC(=Nc1ccccc1Cl)c1ccc(Cl)cc1Cl. The second kappa shape index (κ2) is 5.61. The molecule has 0 unspecified atom stereocenters. The van der Waals surface area contributed by atoms with Crippen LogP contribution in [0.5, 0.6) is 0 Å². The molecular formula is C13H9Cl3N2. The topological polar surface area (TPSA) is 38.4 Å². The molecule has 0 saturated heterocycles. The smallest absolute Gasteiger partial charge is 0.132 e. The van der Waals surface area contributed by atoms with Crippen LogP contribution in [0.2, 0.25) is 15.1 Å². The average Bonchev–Trinajstić information content (AvgIpc) is 2.32. The van der Waals surface area contributed by atoms with Crippen LogP contribution in [0.15, 0.2) is 47.5 Å². The van der Waals surface area contributed by atoms with Crippen LogP contribution in [-0.4, -0.2) is 5.84 Å². The van der Waals surface area contributed by atoms with Crippen molar-refractivity contribution in [2.24, 2.45) is 10.7 Å². The molecule has 2 rings (SSSR count). The maximum Gasteiger partial charge on any atom is 0.132 e. The fourth-order valence-corrected chi connectivity index (χ4v) is 2.11. The predicted octanol–water partition coefficient (Wildman–Crippen LogP) is 4.68. The summed E-state index contributed by atoms with van der Waals surface area (Å²) in [6.45, 7) is 0. The lowest BCUT2D eigenvalue weighted by atomic mass is 10.2. The molecule has 18 heavy (non-hydrogen) atoms. The van der Waals surface area contributed by atoms with Crippen molar-refractivity contribution in [3.05, 3.63) is 63.1 Å². The number of halogens is 3. The van der Waals surface area contributed by atoms with Gasteiger partial charge in [-0.3, -0.25) is 0 Å². The van der Waals surface area contributed by atoms with Gasteiger partial charge in [-0.2, -0.15) is 0 Å². The van der Waals surface area contributed by atoms with Crippen molar-refractivity contribution in [2.45, 2.75) is 0 Å². The highest BCUT2D eigenvalue weighted by Crippen LogP contribution is 2.26. The number of rotatable bonds is 2. The number of benzene rings is 2. The van der Waals surface area contributed by atoms with Gasteiger partial charge in [-0.05, 0) is 30.3 Å². The summed E-state index contributed by atoms with van der Waals surface area (Å²) in [6.07, 6.45) is 0. The molecule has 2 aromatic rings. The van der Waals surface area contributed by atoms with Crippen LogP contribution in [0.3, 0.4) is 0 Å². The molecule has 0 radical (unpaired) electrons. The molecule has 0 fully saturated rings. The summed E-state index contributed by atoms with van der Waals surface area (Å²) < 4.78 is 0. The number of aliphatic imine (C=N–C) groups is 1. The van der Waals surface area contributed by atoms with E-state index in [1.807, 2.05) is 12.1 Å². The van der Waals surface area contributed by atoms with Gasteiger partial charge in [0, 0.05) is 10.6 Å². The largest absolute Gasteiger partial charge is 0.383 e. The van der Waals surface area contributed by atoms with E-state index in [0.717, 1.165) is 0 Å². The van der Waals surface area contributed by atoms with Crippen LogP contribution < -0.4 is 5.73 Å². The first kappa shape index (κ1) is 13.2. The normalized spacial score (nSPS) is 11.6. The number of nitrogens with zero attached hydrogens (tertiary/aromatic N) is 1. The fourth-order valence-electron chi connectivity index (χ4n) is 1.43. The Morgan fingerprint density at radius 2 is 1.67 bits per heavy atom. The van der Waals surface area contributed by atoms with Crippen LogP contribution in [0.4, 0.5) is 5.69 Å². The molecule has 0 saturated carbocycles. The van der Waals surface area contributed by atoms with E-state index >= 15 is 0 Å². The third-order valence-corrected chi connectivity index (χ3v) is 3.17. The molecule has 0 atom stereocenters. The maximum absolute atomic E-state index is 6.05. The van der Waals surface area contributed by atoms with Crippen LogP contribution in [0.1, 0.15) is 5.56 Å². The molecule has 2 N–H and O–H groups in total. The Hall–Kier alpha value is -1.22. The van der Waals surface area contributed by atoms with Gasteiger partial charge >= 0.3 is 0 Å². The summed E-state index contributed by atoms with van der Waals surface area (Å²) in [5.41, 5.74) is 7.14. The van der Waals surface area contributed by atoms with E-state index in [9.17, 15) is 0 Å². The molecule has 0 aliphatic carbocycles. The minimum absolute atomic E-state index is 0.296. The minimum Gasteiger partial charge on any atom is -0.383 e. The first-order valence-electron chi connectivity index (χ1n) is 5.12. The molecule has 0 heterocycles. The minimum atomic E-state index is 0.296. The fraction of sp³-hybridized carbons (Fsp3) is 0. The van der Waals surface area contributed by atoms with Crippen molar-refractivity contribution >= 4 is 46.3 Å². The Labute approximate surface area is 120 Å². The number of nitrogens with two attached hydrogens (primary N) is 1. The zero-order valence-corrected chi connectivity index (χ0v) is 11.5. The van der Waals surface area contributed by atoms with E-state index in [4.69, 9.17) is 40.5 Å². The molecule has 2 nitrogen and oxygen atoms in total. The molecule has 5 heteroatoms. The van der Waals surface area contributed by atoms with E-state index in [0.29, 0.717) is 32.2 Å². The Bertz CT molecular complexity index is 609. The van der Waals surface area contributed by atoms with E-state index in [2.05, 4.69) is 4.99 Å². The van der Waals surface area contributed by atoms with Crippen molar-refractivity contribution in [2.75, 3.05) is 0 Å². The van der Waals surface area contributed by atoms with Crippen LogP contribution in [0.25, 0.3) is 0 Å². The highest BCUT2D eigenvalue weighted by atomic mass is 35.5. The van der Waals surface area contributed by atoms with E-state index < -0.39 is 0 Å². The first-order chi connectivity index (χ1) is 8.58. The van der Waals surface area contributed by atoms with Crippen LogP contribution in [0, 0.1) is 0 Å². The Morgan fingerprint density at radius 1 is 0.944 bits per heavy atom.